The molecule has 1 atom stereocenters. The predicted molar refractivity (Wildman–Crippen MR) is 114 cm³/mol. The van der Waals surface area contributed by atoms with Crippen molar-refractivity contribution in [3.05, 3.63) is 58.9 Å². The molecule has 0 saturated carbocycles. The Bertz CT molecular complexity index is 1090. The van der Waals surface area contributed by atoms with Gasteiger partial charge in [0.25, 0.3) is 5.91 Å². The van der Waals surface area contributed by atoms with Crippen molar-refractivity contribution in [1.29, 1.82) is 0 Å². The Morgan fingerprint density at radius 2 is 2.06 bits per heavy atom. The number of carbonyl (C=O) groups is 3. The largest absolute Gasteiger partial charge is 0.490 e. The van der Waals surface area contributed by atoms with E-state index in [1.54, 1.807) is 25.1 Å². The number of ether oxygens (including phenoxy) is 2. The summed E-state index contributed by atoms with van der Waals surface area (Å²) < 4.78 is 24.8. The number of hydrogen-bond acceptors (Lipinski definition) is 5. The highest BCUT2D eigenvalue weighted by atomic mass is 19.1. The number of anilines is 1. The smallest absolute Gasteiger partial charge is 0.435 e. The van der Waals surface area contributed by atoms with Crippen molar-refractivity contribution in [3.8, 4) is 5.75 Å². The van der Waals surface area contributed by atoms with Gasteiger partial charge >= 0.3 is 12.1 Å². The van der Waals surface area contributed by atoms with E-state index in [9.17, 15) is 18.8 Å². The summed E-state index contributed by atoms with van der Waals surface area (Å²) in [5.41, 5.74) is 6.87. The molecule has 168 valence electrons. The third-order valence-electron chi connectivity index (χ3n) is 4.74. The van der Waals surface area contributed by atoms with Crippen molar-refractivity contribution in [2.75, 3.05) is 11.9 Å². The van der Waals surface area contributed by atoms with Gasteiger partial charge in [-0.25, -0.2) is 9.18 Å². The number of rotatable bonds is 6. The topological polar surface area (TPSA) is 140 Å². The molecule has 1 unspecified atom stereocenters. The lowest BCUT2D eigenvalue weighted by Gasteiger charge is -2.25. The summed E-state index contributed by atoms with van der Waals surface area (Å²) in [5, 5.41) is 11.5. The van der Waals surface area contributed by atoms with Crippen LogP contribution in [0.3, 0.4) is 0 Å². The summed E-state index contributed by atoms with van der Waals surface area (Å²) in [4.78, 5) is 38.3. The number of aliphatic carboxylic acids is 1. The second-order valence-electron chi connectivity index (χ2n) is 7.04. The van der Waals surface area contributed by atoms with Crippen LogP contribution < -0.4 is 15.8 Å². The number of carbonyl (C=O) groups excluding carboxylic acids is 2. The van der Waals surface area contributed by atoms with Gasteiger partial charge in [0.1, 0.15) is 23.5 Å². The van der Waals surface area contributed by atoms with Crippen LogP contribution in [0.15, 0.2) is 41.4 Å². The minimum atomic E-state index is -0.927. The van der Waals surface area contributed by atoms with Crippen LogP contribution >= 0.6 is 0 Å². The average molecular weight is 443 g/mol. The summed E-state index contributed by atoms with van der Waals surface area (Å²) in [6.07, 6.45) is -0.228. The highest BCUT2D eigenvalue weighted by Gasteiger charge is 2.23. The van der Waals surface area contributed by atoms with Gasteiger partial charge in [-0.1, -0.05) is 6.07 Å². The van der Waals surface area contributed by atoms with E-state index < -0.39 is 29.9 Å². The maximum Gasteiger partial charge on any atom is 0.435 e. The number of fused-ring (bicyclic) bond motifs is 1. The van der Waals surface area contributed by atoms with Crippen LogP contribution in [0.1, 0.15) is 41.3 Å². The molecule has 1 heterocycles. The molecule has 0 saturated heterocycles. The molecule has 32 heavy (non-hydrogen) atoms. The van der Waals surface area contributed by atoms with E-state index in [1.807, 2.05) is 0 Å². The van der Waals surface area contributed by atoms with Gasteiger partial charge in [0.05, 0.1) is 18.6 Å². The van der Waals surface area contributed by atoms with Crippen LogP contribution in [0.4, 0.5) is 14.9 Å². The van der Waals surface area contributed by atoms with Gasteiger partial charge in [0.2, 0.25) is 0 Å². The van der Waals surface area contributed by atoms with Gasteiger partial charge in [-0.15, -0.1) is 0 Å². The number of halogens is 1. The molecule has 0 fully saturated rings. The van der Waals surface area contributed by atoms with E-state index in [-0.39, 0.29) is 30.0 Å². The third kappa shape index (κ3) is 5.60. The Hall–Kier alpha value is -3.95. The number of carboxylic acid groups (broad SMARTS) is 1. The molecule has 0 aliphatic carbocycles. The zero-order valence-corrected chi connectivity index (χ0v) is 17.3. The molecule has 2 aromatic rings. The first-order valence-electron chi connectivity index (χ1n) is 9.90. The molecule has 2 amide bonds. The van der Waals surface area contributed by atoms with E-state index >= 15 is 0 Å². The Morgan fingerprint density at radius 3 is 2.75 bits per heavy atom. The predicted octanol–water partition coefficient (Wildman–Crippen LogP) is 3.11. The highest BCUT2D eigenvalue weighted by Crippen LogP contribution is 2.31. The quantitative estimate of drug-likeness (QED) is 0.460. The number of aryl methyl sites for hydroxylation is 1. The second kappa shape index (κ2) is 9.90. The van der Waals surface area contributed by atoms with Crippen LogP contribution in [0, 0.1) is 5.82 Å². The standard InChI is InChI=1S/C22H22FN3O6/c1-2-31-22(30)26-20(24)13-4-7-16(17(23)10-13)21(29)25-14-5-8-18-12(9-14)3-6-15(32-18)11-19(27)28/h4-5,7-10,15H,2-3,6,11H2,1H3,(H,25,29)(H,27,28)(H2,24,26,30). The molecular weight excluding hydrogens is 421 g/mol. The molecule has 2 aromatic carbocycles. The van der Waals surface area contributed by atoms with Gasteiger partial charge in [-0.2, -0.15) is 4.99 Å². The molecule has 0 bridgehead atoms. The molecule has 0 aromatic heterocycles. The van der Waals surface area contributed by atoms with Gasteiger partial charge in [-0.3, -0.25) is 9.59 Å². The first-order chi connectivity index (χ1) is 15.3. The van der Waals surface area contributed by atoms with Crippen molar-refractivity contribution in [1.82, 2.24) is 0 Å². The minimum Gasteiger partial charge on any atom is -0.490 e. The Labute approximate surface area is 183 Å². The summed E-state index contributed by atoms with van der Waals surface area (Å²) in [6.45, 7) is 1.74. The van der Waals surface area contributed by atoms with E-state index in [0.717, 1.165) is 11.6 Å². The van der Waals surface area contributed by atoms with Crippen molar-refractivity contribution in [2.24, 2.45) is 10.7 Å². The minimum absolute atomic E-state index is 0.0811. The van der Waals surface area contributed by atoms with Crippen molar-refractivity contribution >= 4 is 29.5 Å². The maximum absolute atomic E-state index is 14.5. The number of aliphatic imine (C=N–C) groups is 1. The van der Waals surface area contributed by atoms with E-state index in [2.05, 4.69) is 15.0 Å². The lowest BCUT2D eigenvalue weighted by Crippen LogP contribution is -2.25. The molecule has 1 aliphatic heterocycles. The molecule has 9 nitrogen and oxygen atoms in total. The molecule has 0 radical (unpaired) electrons. The first-order valence-corrected chi connectivity index (χ1v) is 9.90. The number of nitrogens with one attached hydrogen (secondary N) is 1. The fourth-order valence-corrected chi connectivity index (χ4v) is 3.24. The summed E-state index contributed by atoms with van der Waals surface area (Å²) in [5.74, 6) is -2.10. The number of nitrogens with zero attached hydrogens (tertiary/aromatic N) is 1. The monoisotopic (exact) mass is 443 g/mol. The van der Waals surface area contributed by atoms with E-state index in [0.29, 0.717) is 24.3 Å². The molecule has 10 heteroatoms. The van der Waals surface area contributed by atoms with Crippen LogP contribution in [-0.2, 0) is 16.0 Å². The van der Waals surface area contributed by atoms with Crippen LogP contribution in [0.2, 0.25) is 0 Å². The number of amides is 2. The number of hydrogen-bond donors (Lipinski definition) is 3. The number of nitrogens with two attached hydrogens (primary N) is 1. The van der Waals surface area contributed by atoms with Crippen molar-refractivity contribution in [3.63, 3.8) is 0 Å². The lowest BCUT2D eigenvalue weighted by molar-refractivity contribution is -0.139. The number of amidine groups is 1. The van der Waals surface area contributed by atoms with Gasteiger partial charge in [-0.05, 0) is 55.7 Å². The summed E-state index contributed by atoms with van der Waals surface area (Å²) in [6, 6.07) is 8.57. The molecule has 0 spiro atoms. The summed E-state index contributed by atoms with van der Waals surface area (Å²) in [7, 11) is 0. The molecule has 3 rings (SSSR count). The molecule has 4 N–H and O–H groups in total. The Balaban J connectivity index is 1.70. The fraction of sp³-hybridized carbons (Fsp3) is 0.273. The SMILES string of the molecule is CCOC(=O)/N=C(\N)c1ccc(C(=O)Nc2ccc3c(c2)CCC(CC(=O)O)O3)c(F)c1. The van der Waals surface area contributed by atoms with Crippen LogP contribution in [0.25, 0.3) is 0 Å². The number of benzene rings is 2. The zero-order valence-electron chi connectivity index (χ0n) is 17.3. The van der Waals surface area contributed by atoms with Gasteiger partial charge in [0, 0.05) is 11.3 Å². The van der Waals surface area contributed by atoms with E-state index in [1.165, 1.54) is 12.1 Å². The van der Waals surface area contributed by atoms with Crippen molar-refractivity contribution in [2.45, 2.75) is 32.3 Å². The highest BCUT2D eigenvalue weighted by molar-refractivity contribution is 6.06. The maximum atomic E-state index is 14.5. The first kappa shape index (κ1) is 22.7. The zero-order chi connectivity index (χ0) is 23.3. The van der Waals surface area contributed by atoms with Crippen molar-refractivity contribution < 1.29 is 33.4 Å². The van der Waals surface area contributed by atoms with E-state index in [4.69, 9.17) is 15.6 Å². The van der Waals surface area contributed by atoms with Crippen LogP contribution in [-0.4, -0.2) is 41.6 Å². The Kier molecular flexibility index (Phi) is 7.04. The normalized spacial score (nSPS) is 15.3. The van der Waals surface area contributed by atoms with Gasteiger partial charge < -0.3 is 25.6 Å². The third-order valence-corrected chi connectivity index (χ3v) is 4.74. The van der Waals surface area contributed by atoms with Crippen LogP contribution in [0.5, 0.6) is 5.75 Å². The number of carboxylic acids is 1. The average Bonchev–Trinajstić information content (AvgIpc) is 2.73. The second-order valence-corrected chi connectivity index (χ2v) is 7.04. The lowest BCUT2D eigenvalue weighted by atomic mass is 10.00. The fourth-order valence-electron chi connectivity index (χ4n) is 3.24. The van der Waals surface area contributed by atoms with Gasteiger partial charge in [0.15, 0.2) is 0 Å². The molecule has 1 aliphatic rings. The summed E-state index contributed by atoms with van der Waals surface area (Å²) >= 11 is 0. The Morgan fingerprint density at radius 1 is 1.28 bits per heavy atom. The molecular formula is C22H22FN3O6.